The highest BCUT2D eigenvalue weighted by molar-refractivity contribution is 5.89. The van der Waals surface area contributed by atoms with Crippen molar-refractivity contribution in [3.63, 3.8) is 0 Å². The Morgan fingerprint density at radius 3 is 2.44 bits per heavy atom. The van der Waals surface area contributed by atoms with Gasteiger partial charge in [0.1, 0.15) is 12.4 Å². The van der Waals surface area contributed by atoms with E-state index in [4.69, 9.17) is 24.5 Å². The number of nitrogens with one attached hydrogen (secondary N) is 1. The molecular formula is C27H32F3N7O4. The number of benzene rings is 1. The van der Waals surface area contributed by atoms with Crippen LogP contribution < -0.4 is 10.2 Å². The fraction of sp³-hybridized carbons (Fsp3) is 0.556. The van der Waals surface area contributed by atoms with Gasteiger partial charge in [-0.2, -0.15) is 18.3 Å². The molecule has 14 heteroatoms. The van der Waals surface area contributed by atoms with Gasteiger partial charge in [0.05, 0.1) is 43.0 Å². The summed E-state index contributed by atoms with van der Waals surface area (Å²) >= 11 is 0. The van der Waals surface area contributed by atoms with Gasteiger partial charge in [-0.05, 0) is 49.9 Å². The molecular weight excluding hydrogens is 543 g/mol. The molecule has 41 heavy (non-hydrogen) atoms. The molecule has 2 bridgehead atoms. The number of alkyl halides is 3. The minimum Gasteiger partial charge on any atom is -0.447 e. The number of rotatable bonds is 7. The van der Waals surface area contributed by atoms with Crippen LogP contribution in [0.4, 0.5) is 29.5 Å². The molecule has 3 saturated heterocycles. The lowest BCUT2D eigenvalue weighted by Crippen LogP contribution is -2.43. The van der Waals surface area contributed by atoms with Crippen molar-refractivity contribution in [3.05, 3.63) is 30.5 Å². The molecule has 2 N–H and O–H groups in total. The summed E-state index contributed by atoms with van der Waals surface area (Å²) in [6.45, 7) is 0.821. The summed E-state index contributed by atoms with van der Waals surface area (Å²) in [6, 6.07) is 6.94. The first-order valence-corrected chi connectivity index (χ1v) is 13.9. The second-order valence-corrected chi connectivity index (χ2v) is 10.7. The number of likely N-dealkylation sites (tertiary alicyclic amines) is 1. The molecule has 3 aromatic rings. The van der Waals surface area contributed by atoms with Crippen molar-refractivity contribution in [2.75, 3.05) is 56.2 Å². The molecule has 0 spiro atoms. The molecule has 2 unspecified atom stereocenters. The smallest absolute Gasteiger partial charge is 0.411 e. The third-order valence-corrected chi connectivity index (χ3v) is 7.80. The Morgan fingerprint density at radius 2 is 1.78 bits per heavy atom. The number of nitrogens with zero attached hydrogens (tertiary/aromatic N) is 6. The molecule has 5 heterocycles. The number of amides is 1. The first-order valence-electron chi connectivity index (χ1n) is 13.9. The summed E-state index contributed by atoms with van der Waals surface area (Å²) in [5.41, 5.74) is 1.89. The van der Waals surface area contributed by atoms with E-state index in [1.807, 2.05) is 4.68 Å². The summed E-state index contributed by atoms with van der Waals surface area (Å²) < 4.78 is 51.5. The number of aliphatic hydroxyl groups excluding tert-OH is 1. The molecule has 0 radical (unpaired) electrons. The maximum absolute atomic E-state index is 12.9. The number of carbonyl (C=O) groups is 1. The molecule has 3 aliphatic rings. The van der Waals surface area contributed by atoms with Gasteiger partial charge in [-0.15, -0.1) is 0 Å². The molecule has 11 nitrogen and oxygen atoms in total. The molecule has 3 aliphatic heterocycles. The van der Waals surface area contributed by atoms with Crippen LogP contribution in [-0.2, 0) is 9.47 Å². The highest BCUT2D eigenvalue weighted by Crippen LogP contribution is 2.35. The molecule has 6 rings (SSSR count). The second-order valence-electron chi connectivity index (χ2n) is 10.7. The van der Waals surface area contributed by atoms with Gasteiger partial charge < -0.3 is 19.5 Å². The number of anilines is 2. The van der Waals surface area contributed by atoms with Crippen LogP contribution in [0.2, 0.25) is 0 Å². The molecule has 0 saturated carbocycles. The number of halogens is 3. The maximum atomic E-state index is 12.9. The van der Waals surface area contributed by atoms with E-state index in [2.05, 4.69) is 15.3 Å². The Labute approximate surface area is 234 Å². The van der Waals surface area contributed by atoms with Gasteiger partial charge in [-0.25, -0.2) is 19.4 Å². The van der Waals surface area contributed by atoms with Gasteiger partial charge in [-0.1, -0.05) is 0 Å². The molecule has 2 aromatic heterocycles. The lowest BCUT2D eigenvalue weighted by molar-refractivity contribution is -0.148. The zero-order valence-corrected chi connectivity index (χ0v) is 22.4. The number of hydrogen-bond donors (Lipinski definition) is 2. The third kappa shape index (κ3) is 6.23. The Kier molecular flexibility index (Phi) is 7.70. The van der Waals surface area contributed by atoms with E-state index in [0.717, 1.165) is 29.6 Å². The average molecular weight is 576 g/mol. The topological polar surface area (TPSA) is 118 Å². The predicted molar refractivity (Wildman–Crippen MR) is 144 cm³/mol. The lowest BCUT2D eigenvalue weighted by atomic mass is 10.1. The molecule has 1 amide bonds. The van der Waals surface area contributed by atoms with E-state index in [1.165, 1.54) is 4.90 Å². The quantitative estimate of drug-likeness (QED) is 0.436. The number of hydrogen-bond acceptors (Lipinski definition) is 9. The number of piperidine rings is 1. The van der Waals surface area contributed by atoms with Crippen molar-refractivity contribution in [1.29, 1.82) is 0 Å². The molecule has 0 aliphatic carbocycles. The SMILES string of the molecule is O=C(Nc1ccc(-c2nc(N3CC4CCC(C3)O4)c3cnn(C4CCN(CC(F)(F)F)CC4)c3n2)cc1)OCCO. The van der Waals surface area contributed by atoms with E-state index in [-0.39, 0.29) is 31.5 Å². The van der Waals surface area contributed by atoms with Gasteiger partial charge in [0.2, 0.25) is 0 Å². The van der Waals surface area contributed by atoms with Crippen LogP contribution in [0.5, 0.6) is 0 Å². The number of ether oxygens (including phenoxy) is 2. The average Bonchev–Trinajstić information content (AvgIpc) is 3.53. The zero-order valence-electron chi connectivity index (χ0n) is 22.4. The van der Waals surface area contributed by atoms with E-state index in [0.29, 0.717) is 56.2 Å². The van der Waals surface area contributed by atoms with Crippen LogP contribution in [-0.4, -0.2) is 100 Å². The summed E-state index contributed by atoms with van der Waals surface area (Å²) in [6.07, 6.45) is 0.256. The Morgan fingerprint density at radius 1 is 1.07 bits per heavy atom. The van der Waals surface area contributed by atoms with Crippen LogP contribution in [0.3, 0.4) is 0 Å². The Hall–Kier alpha value is -3.49. The van der Waals surface area contributed by atoms with E-state index >= 15 is 0 Å². The maximum Gasteiger partial charge on any atom is 0.411 e. The number of aromatic nitrogens is 4. The van der Waals surface area contributed by atoms with E-state index < -0.39 is 18.8 Å². The van der Waals surface area contributed by atoms with Crippen LogP contribution in [0.25, 0.3) is 22.4 Å². The summed E-state index contributed by atoms with van der Waals surface area (Å²) in [5.74, 6) is 1.25. The zero-order chi connectivity index (χ0) is 28.6. The largest absolute Gasteiger partial charge is 0.447 e. The summed E-state index contributed by atoms with van der Waals surface area (Å²) in [5, 5.41) is 16.9. The van der Waals surface area contributed by atoms with Crippen LogP contribution in [0.1, 0.15) is 31.7 Å². The molecule has 3 fully saturated rings. The minimum absolute atomic E-state index is 0.0787. The standard InChI is InChI=1S/C27H32F3N7O4/c28-27(29,30)16-35-9-7-19(8-10-35)37-25-22(13-31-37)24(36-14-20-5-6-21(15-36)41-20)33-23(34-25)17-1-3-18(4-2-17)32-26(39)40-12-11-38/h1-4,13,19-21,38H,5-12,14-16H2,(H,32,39). The van der Waals surface area contributed by atoms with Crippen LogP contribution >= 0.6 is 0 Å². The highest BCUT2D eigenvalue weighted by Gasteiger charge is 2.36. The van der Waals surface area contributed by atoms with Crippen molar-refractivity contribution in [2.45, 2.75) is 50.1 Å². The van der Waals surface area contributed by atoms with Crippen molar-refractivity contribution in [1.82, 2.24) is 24.6 Å². The Bertz CT molecular complexity index is 1360. The van der Waals surface area contributed by atoms with Crippen molar-refractivity contribution in [2.24, 2.45) is 0 Å². The van der Waals surface area contributed by atoms with Crippen LogP contribution in [0.15, 0.2) is 30.5 Å². The third-order valence-electron chi connectivity index (χ3n) is 7.80. The fourth-order valence-electron chi connectivity index (χ4n) is 5.91. The van der Waals surface area contributed by atoms with Gasteiger partial charge >= 0.3 is 12.3 Å². The number of fused-ring (bicyclic) bond motifs is 3. The van der Waals surface area contributed by atoms with Crippen molar-refractivity contribution in [3.8, 4) is 11.4 Å². The first kappa shape index (κ1) is 27.7. The minimum atomic E-state index is -4.22. The summed E-state index contributed by atoms with van der Waals surface area (Å²) in [4.78, 5) is 25.4. The van der Waals surface area contributed by atoms with Gasteiger partial charge in [-0.3, -0.25) is 10.2 Å². The number of aliphatic hydroxyl groups is 1. The monoisotopic (exact) mass is 575 g/mol. The lowest BCUT2D eigenvalue weighted by Gasteiger charge is -2.34. The number of carbonyl (C=O) groups excluding carboxylic acids is 1. The van der Waals surface area contributed by atoms with Crippen molar-refractivity contribution < 1.29 is 32.5 Å². The second kappa shape index (κ2) is 11.4. The fourth-order valence-corrected chi connectivity index (χ4v) is 5.91. The van der Waals surface area contributed by atoms with Gasteiger partial charge in [0, 0.05) is 37.4 Å². The van der Waals surface area contributed by atoms with Gasteiger partial charge in [0.25, 0.3) is 0 Å². The molecule has 2 atom stereocenters. The summed E-state index contributed by atoms with van der Waals surface area (Å²) in [7, 11) is 0. The van der Waals surface area contributed by atoms with E-state index in [1.54, 1.807) is 30.5 Å². The highest BCUT2D eigenvalue weighted by atomic mass is 19.4. The van der Waals surface area contributed by atoms with Crippen LogP contribution in [0, 0.1) is 0 Å². The van der Waals surface area contributed by atoms with Gasteiger partial charge in [0.15, 0.2) is 11.5 Å². The normalized spacial score (nSPS) is 21.9. The molecule has 1 aromatic carbocycles. The van der Waals surface area contributed by atoms with Crippen molar-refractivity contribution >= 4 is 28.6 Å². The molecule has 220 valence electrons. The Balaban J connectivity index is 1.30. The van der Waals surface area contributed by atoms with E-state index in [9.17, 15) is 18.0 Å². The number of morpholine rings is 1. The first-order chi connectivity index (χ1) is 19.8. The predicted octanol–water partition coefficient (Wildman–Crippen LogP) is 3.60.